The molecule has 0 saturated carbocycles. The van der Waals surface area contributed by atoms with E-state index in [9.17, 15) is 8.78 Å². The van der Waals surface area contributed by atoms with Crippen LogP contribution in [0.5, 0.6) is 0 Å². The van der Waals surface area contributed by atoms with Gasteiger partial charge in [0.25, 0.3) is 0 Å². The molecule has 2 aromatic rings. The maximum Gasteiger partial charge on any atom is 0.134 e. The molecule has 0 amide bonds. The molecular formula is C14H15F2NS. The quantitative estimate of drug-likeness (QED) is 0.887. The van der Waals surface area contributed by atoms with Crippen LogP contribution in [0.3, 0.4) is 0 Å². The van der Waals surface area contributed by atoms with Crippen molar-refractivity contribution in [1.82, 2.24) is 5.32 Å². The summed E-state index contributed by atoms with van der Waals surface area (Å²) in [6, 6.07) is 4.28. The third-order valence-corrected chi connectivity index (χ3v) is 3.86. The van der Waals surface area contributed by atoms with Gasteiger partial charge in [0, 0.05) is 10.4 Å². The highest BCUT2D eigenvalue weighted by Gasteiger charge is 2.22. The lowest BCUT2D eigenvalue weighted by molar-refractivity contribution is 0.518. The van der Waals surface area contributed by atoms with E-state index in [1.165, 1.54) is 12.1 Å². The molecule has 1 N–H and O–H groups in total. The predicted octanol–water partition coefficient (Wildman–Crippen LogP) is 3.95. The van der Waals surface area contributed by atoms with E-state index in [1.807, 2.05) is 18.4 Å². The van der Waals surface area contributed by atoms with Crippen LogP contribution in [0, 0.1) is 25.5 Å². The van der Waals surface area contributed by atoms with Crippen LogP contribution in [-0.4, -0.2) is 7.05 Å². The first-order valence-electron chi connectivity index (χ1n) is 5.71. The van der Waals surface area contributed by atoms with E-state index in [-0.39, 0.29) is 5.56 Å². The van der Waals surface area contributed by atoms with Crippen molar-refractivity contribution in [2.75, 3.05) is 7.05 Å². The predicted molar refractivity (Wildman–Crippen MR) is 71.1 cm³/mol. The summed E-state index contributed by atoms with van der Waals surface area (Å²) in [5.41, 5.74) is 1.44. The zero-order valence-corrected chi connectivity index (χ0v) is 11.4. The Bertz CT molecular complexity index is 563. The van der Waals surface area contributed by atoms with Crippen LogP contribution in [0.2, 0.25) is 0 Å². The highest BCUT2D eigenvalue weighted by molar-refractivity contribution is 7.10. The minimum atomic E-state index is -0.513. The molecule has 0 fully saturated rings. The fourth-order valence-corrected chi connectivity index (χ4v) is 2.77. The Morgan fingerprint density at radius 2 is 1.94 bits per heavy atom. The van der Waals surface area contributed by atoms with Crippen LogP contribution in [0.15, 0.2) is 23.6 Å². The van der Waals surface area contributed by atoms with E-state index in [1.54, 1.807) is 25.3 Å². The van der Waals surface area contributed by atoms with Gasteiger partial charge in [0.1, 0.15) is 11.6 Å². The second-order valence-electron chi connectivity index (χ2n) is 4.30. The van der Waals surface area contributed by atoms with Crippen LogP contribution in [0.25, 0.3) is 0 Å². The Morgan fingerprint density at radius 1 is 1.22 bits per heavy atom. The number of hydrogen-bond donors (Lipinski definition) is 1. The Balaban J connectivity index is 2.55. The van der Waals surface area contributed by atoms with Gasteiger partial charge in [-0.15, -0.1) is 11.3 Å². The van der Waals surface area contributed by atoms with E-state index in [0.29, 0.717) is 5.56 Å². The summed E-state index contributed by atoms with van der Waals surface area (Å²) in [5.74, 6) is -0.987. The van der Waals surface area contributed by atoms with Gasteiger partial charge >= 0.3 is 0 Å². The lowest BCUT2D eigenvalue weighted by atomic mass is 9.98. The summed E-state index contributed by atoms with van der Waals surface area (Å²) in [6.45, 7) is 3.62. The minimum absolute atomic E-state index is 0.0929. The number of thiophene rings is 1. The van der Waals surface area contributed by atoms with Crippen molar-refractivity contribution in [2.45, 2.75) is 19.9 Å². The van der Waals surface area contributed by atoms with Crippen molar-refractivity contribution >= 4 is 11.3 Å². The first-order chi connectivity index (χ1) is 8.54. The molecule has 0 aliphatic carbocycles. The molecule has 0 bridgehead atoms. The third-order valence-electron chi connectivity index (χ3n) is 2.98. The van der Waals surface area contributed by atoms with Crippen molar-refractivity contribution in [3.8, 4) is 0 Å². The van der Waals surface area contributed by atoms with Crippen molar-refractivity contribution in [3.63, 3.8) is 0 Å². The third kappa shape index (κ3) is 2.31. The highest BCUT2D eigenvalue weighted by Crippen LogP contribution is 2.30. The van der Waals surface area contributed by atoms with Gasteiger partial charge in [-0.1, -0.05) is 6.07 Å². The largest absolute Gasteiger partial charge is 0.309 e. The fraction of sp³-hybridized carbons (Fsp3) is 0.286. The number of benzene rings is 1. The second kappa shape index (κ2) is 5.16. The molecule has 1 heterocycles. The summed E-state index contributed by atoms with van der Waals surface area (Å²) >= 11 is 1.57. The van der Waals surface area contributed by atoms with Crippen LogP contribution in [0.4, 0.5) is 8.78 Å². The van der Waals surface area contributed by atoms with Gasteiger partial charge in [0.05, 0.1) is 6.04 Å². The second-order valence-corrected chi connectivity index (χ2v) is 5.42. The lowest BCUT2D eigenvalue weighted by Gasteiger charge is -2.18. The summed E-state index contributed by atoms with van der Waals surface area (Å²) in [4.78, 5) is 1.12. The van der Waals surface area contributed by atoms with Gasteiger partial charge in [-0.2, -0.15) is 0 Å². The molecule has 18 heavy (non-hydrogen) atoms. The first kappa shape index (κ1) is 13.2. The number of halogens is 2. The van der Waals surface area contributed by atoms with Crippen LogP contribution >= 0.6 is 11.3 Å². The zero-order chi connectivity index (χ0) is 13.3. The van der Waals surface area contributed by atoms with Crippen molar-refractivity contribution < 1.29 is 8.78 Å². The molecule has 1 nitrogen and oxygen atoms in total. The van der Waals surface area contributed by atoms with E-state index in [0.717, 1.165) is 10.4 Å². The molecule has 1 atom stereocenters. The average Bonchev–Trinajstić information content (AvgIpc) is 2.76. The average molecular weight is 267 g/mol. The zero-order valence-electron chi connectivity index (χ0n) is 10.6. The Labute approximate surface area is 109 Å². The first-order valence-corrected chi connectivity index (χ1v) is 6.59. The SMILES string of the molecule is CNC(c1csc(C)c1)c1c(F)ccc(C)c1F. The van der Waals surface area contributed by atoms with Crippen LogP contribution in [-0.2, 0) is 0 Å². The number of rotatable bonds is 3. The maximum atomic E-state index is 14.1. The molecule has 4 heteroatoms. The molecule has 1 unspecified atom stereocenters. The maximum absolute atomic E-state index is 14.1. The monoisotopic (exact) mass is 267 g/mol. The molecule has 2 rings (SSSR count). The van der Waals surface area contributed by atoms with Crippen LogP contribution in [0.1, 0.15) is 27.6 Å². The summed E-state index contributed by atoms with van der Waals surface area (Å²) in [7, 11) is 1.71. The van der Waals surface area contributed by atoms with E-state index < -0.39 is 17.7 Å². The molecule has 0 radical (unpaired) electrons. The molecule has 1 aromatic carbocycles. The fourth-order valence-electron chi connectivity index (χ4n) is 2.04. The van der Waals surface area contributed by atoms with Gasteiger partial charge in [-0.25, -0.2) is 8.78 Å². The molecule has 1 aromatic heterocycles. The summed E-state index contributed by atoms with van der Waals surface area (Å²) < 4.78 is 28.0. The van der Waals surface area contributed by atoms with Gasteiger partial charge in [-0.05, 0) is 49.5 Å². The van der Waals surface area contributed by atoms with Gasteiger partial charge in [-0.3, -0.25) is 0 Å². The van der Waals surface area contributed by atoms with Crippen molar-refractivity contribution in [1.29, 1.82) is 0 Å². The molecule has 0 spiro atoms. The van der Waals surface area contributed by atoms with Gasteiger partial charge in [0.15, 0.2) is 0 Å². The Hall–Kier alpha value is -1.26. The molecule has 0 aliphatic heterocycles. The Kier molecular flexibility index (Phi) is 3.78. The standard InChI is InChI=1S/C14H15F2NS/c1-8-4-5-11(15)12(13(8)16)14(17-3)10-6-9(2)18-7-10/h4-7,14,17H,1-3H3. The van der Waals surface area contributed by atoms with E-state index in [4.69, 9.17) is 0 Å². The summed E-state index contributed by atoms with van der Waals surface area (Å²) in [5, 5.41) is 4.91. The number of hydrogen-bond acceptors (Lipinski definition) is 2. The molecule has 0 saturated heterocycles. The van der Waals surface area contributed by atoms with Crippen LogP contribution < -0.4 is 5.32 Å². The number of aryl methyl sites for hydroxylation is 2. The van der Waals surface area contributed by atoms with Gasteiger partial charge in [0.2, 0.25) is 0 Å². The van der Waals surface area contributed by atoms with E-state index >= 15 is 0 Å². The lowest BCUT2D eigenvalue weighted by Crippen LogP contribution is -2.20. The highest BCUT2D eigenvalue weighted by atomic mass is 32.1. The normalized spacial score (nSPS) is 12.7. The van der Waals surface area contributed by atoms with Crippen molar-refractivity contribution in [2.24, 2.45) is 0 Å². The van der Waals surface area contributed by atoms with Crippen molar-refractivity contribution in [3.05, 3.63) is 56.8 Å². The molecule has 96 valence electrons. The molecule has 0 aliphatic rings. The minimum Gasteiger partial charge on any atom is -0.309 e. The Morgan fingerprint density at radius 3 is 2.50 bits per heavy atom. The van der Waals surface area contributed by atoms with Gasteiger partial charge < -0.3 is 5.32 Å². The number of nitrogens with one attached hydrogen (secondary N) is 1. The smallest absolute Gasteiger partial charge is 0.134 e. The topological polar surface area (TPSA) is 12.0 Å². The molecular weight excluding hydrogens is 252 g/mol. The summed E-state index contributed by atoms with van der Waals surface area (Å²) in [6.07, 6.45) is 0. The van der Waals surface area contributed by atoms with E-state index in [2.05, 4.69) is 5.32 Å².